The number of rotatable bonds is 7. The van der Waals surface area contributed by atoms with E-state index in [0.29, 0.717) is 54.4 Å². The first-order valence-electron chi connectivity index (χ1n) is 9.07. The van der Waals surface area contributed by atoms with Crippen molar-refractivity contribution in [2.75, 3.05) is 19.6 Å². The highest BCUT2D eigenvalue weighted by molar-refractivity contribution is 7.95. The topological polar surface area (TPSA) is 54.5 Å². The molecule has 2 aromatic carbocycles. The van der Waals surface area contributed by atoms with Crippen molar-refractivity contribution in [1.29, 1.82) is 0 Å². The number of halogens is 3. The lowest BCUT2D eigenvalue weighted by Gasteiger charge is -2.26. The molecule has 3 rings (SSSR count). The normalized spacial score (nSPS) is 14.8. The van der Waals surface area contributed by atoms with Crippen molar-refractivity contribution in [3.8, 4) is 0 Å². The number of carbonyl (C=O) groups excluding carboxylic acids is 1. The lowest BCUT2D eigenvalue weighted by molar-refractivity contribution is 0.0975. The Hall–Kier alpha value is -1.73. The summed E-state index contributed by atoms with van der Waals surface area (Å²) in [6.45, 7) is 1.87. The maximum atomic E-state index is 12.9. The molecule has 0 atom stereocenters. The Morgan fingerprint density at radius 2 is 1.72 bits per heavy atom. The van der Waals surface area contributed by atoms with Crippen LogP contribution in [0.15, 0.2) is 64.4 Å². The summed E-state index contributed by atoms with van der Waals surface area (Å²) in [4.78, 5) is 14.9. The maximum Gasteiger partial charge on any atom is 0.202 e. The molecule has 1 aliphatic rings. The third-order valence-corrected chi connectivity index (χ3v) is 6.97. The molecule has 0 spiro atoms. The Labute approximate surface area is 181 Å². The van der Waals surface area contributed by atoms with Crippen molar-refractivity contribution < 1.29 is 17.6 Å². The van der Waals surface area contributed by atoms with E-state index in [-0.39, 0.29) is 28.9 Å². The molecule has 0 amide bonds. The summed E-state index contributed by atoms with van der Waals surface area (Å²) < 4.78 is 38.3. The van der Waals surface area contributed by atoms with E-state index < -0.39 is 9.84 Å². The Kier molecular flexibility index (Phi) is 8.40. The minimum atomic E-state index is -3.48. The highest BCUT2D eigenvalue weighted by Gasteiger charge is 2.24. The lowest BCUT2D eigenvalue weighted by atomic mass is 10.1. The van der Waals surface area contributed by atoms with Gasteiger partial charge in [0.25, 0.3) is 0 Å². The fourth-order valence-corrected chi connectivity index (χ4v) is 4.73. The average molecular weight is 458 g/mol. The van der Waals surface area contributed by atoms with E-state index in [1.165, 1.54) is 36.4 Å². The predicted molar refractivity (Wildman–Crippen MR) is 115 cm³/mol. The van der Waals surface area contributed by atoms with Gasteiger partial charge >= 0.3 is 0 Å². The second-order valence-corrected chi connectivity index (χ2v) is 9.15. The van der Waals surface area contributed by atoms with Crippen LogP contribution in [0.25, 0.3) is 0 Å². The smallest absolute Gasteiger partial charge is 0.202 e. The Bertz CT molecular complexity index is 974. The van der Waals surface area contributed by atoms with Crippen LogP contribution in [0.1, 0.15) is 29.6 Å². The summed E-state index contributed by atoms with van der Waals surface area (Å²) >= 11 is 5.83. The molecular weight excluding hydrogens is 436 g/mol. The van der Waals surface area contributed by atoms with Crippen LogP contribution in [0.2, 0.25) is 5.02 Å². The van der Waals surface area contributed by atoms with Gasteiger partial charge in [-0.25, -0.2) is 12.8 Å². The van der Waals surface area contributed by atoms with Gasteiger partial charge in [-0.2, -0.15) is 0 Å². The quantitative estimate of drug-likeness (QED) is 0.553. The monoisotopic (exact) mass is 457 g/mol. The minimum absolute atomic E-state index is 0. The van der Waals surface area contributed by atoms with E-state index in [4.69, 9.17) is 11.6 Å². The average Bonchev–Trinajstić information content (AvgIpc) is 2.69. The molecule has 156 valence electrons. The molecule has 0 saturated carbocycles. The summed E-state index contributed by atoms with van der Waals surface area (Å²) in [6.07, 6.45) is 3.23. The zero-order valence-electron chi connectivity index (χ0n) is 15.7. The largest absolute Gasteiger partial charge is 0.299 e. The van der Waals surface area contributed by atoms with Crippen molar-refractivity contribution in [1.82, 2.24) is 4.90 Å². The van der Waals surface area contributed by atoms with Crippen molar-refractivity contribution in [2.45, 2.75) is 24.2 Å². The number of hydrogen-bond acceptors (Lipinski definition) is 4. The highest BCUT2D eigenvalue weighted by Crippen LogP contribution is 2.25. The van der Waals surface area contributed by atoms with Gasteiger partial charge in [0.05, 0.1) is 4.90 Å². The summed E-state index contributed by atoms with van der Waals surface area (Å²) in [6, 6.07) is 11.7. The van der Waals surface area contributed by atoms with E-state index in [1.54, 1.807) is 18.2 Å². The van der Waals surface area contributed by atoms with Crippen LogP contribution in [0.5, 0.6) is 0 Å². The second kappa shape index (κ2) is 10.3. The van der Waals surface area contributed by atoms with Crippen molar-refractivity contribution in [3.63, 3.8) is 0 Å². The zero-order chi connectivity index (χ0) is 20.1. The first kappa shape index (κ1) is 23.5. The number of ketones is 1. The molecule has 0 N–H and O–H groups in total. The molecule has 0 bridgehead atoms. The molecule has 0 radical (unpaired) electrons. The number of nitrogens with zero attached hydrogens (tertiary/aromatic N) is 1. The van der Waals surface area contributed by atoms with E-state index in [9.17, 15) is 17.6 Å². The SMILES string of the molecule is Cl.O=C(CCCN1CC=C(S(=O)(=O)c2ccc(Cl)cc2)CC1)c1ccc(F)cc1. The van der Waals surface area contributed by atoms with Gasteiger partial charge in [0.2, 0.25) is 9.84 Å². The van der Waals surface area contributed by atoms with Crippen LogP contribution in [0, 0.1) is 5.82 Å². The Balaban J connectivity index is 0.00000300. The first-order valence-corrected chi connectivity index (χ1v) is 10.9. The van der Waals surface area contributed by atoms with Gasteiger partial charge in [-0.05, 0) is 67.9 Å². The third-order valence-electron chi connectivity index (χ3n) is 4.77. The van der Waals surface area contributed by atoms with Crippen molar-refractivity contribution >= 4 is 39.6 Å². The number of benzene rings is 2. The fraction of sp³-hybridized carbons (Fsp3) is 0.286. The van der Waals surface area contributed by atoms with Gasteiger partial charge in [-0.1, -0.05) is 17.7 Å². The summed E-state index contributed by atoms with van der Waals surface area (Å²) in [5.41, 5.74) is 0.510. The molecule has 0 unspecified atom stereocenters. The van der Waals surface area contributed by atoms with Crippen LogP contribution >= 0.6 is 24.0 Å². The summed E-state index contributed by atoms with van der Waals surface area (Å²) in [5, 5.41) is 0.498. The number of sulfone groups is 1. The van der Waals surface area contributed by atoms with Crippen LogP contribution in [-0.4, -0.2) is 38.7 Å². The van der Waals surface area contributed by atoms with E-state index in [1.807, 2.05) is 0 Å². The van der Waals surface area contributed by atoms with Crippen LogP contribution in [0.3, 0.4) is 0 Å². The molecule has 1 aliphatic heterocycles. The Morgan fingerprint density at radius 1 is 1.07 bits per heavy atom. The van der Waals surface area contributed by atoms with Crippen LogP contribution in [-0.2, 0) is 9.84 Å². The molecular formula is C21H22Cl2FNO3S. The molecule has 0 aliphatic carbocycles. The van der Waals surface area contributed by atoms with Crippen LogP contribution in [0.4, 0.5) is 4.39 Å². The highest BCUT2D eigenvalue weighted by atomic mass is 35.5. The number of Topliss-reactive ketones (excluding diaryl/α,β-unsaturated/α-hetero) is 1. The minimum Gasteiger partial charge on any atom is -0.299 e. The number of hydrogen-bond donors (Lipinski definition) is 0. The molecule has 29 heavy (non-hydrogen) atoms. The maximum absolute atomic E-state index is 12.9. The Morgan fingerprint density at radius 3 is 2.31 bits per heavy atom. The van der Waals surface area contributed by atoms with Gasteiger partial charge in [0.1, 0.15) is 5.82 Å². The van der Waals surface area contributed by atoms with E-state index in [0.717, 1.165) is 0 Å². The van der Waals surface area contributed by atoms with E-state index in [2.05, 4.69) is 4.90 Å². The zero-order valence-corrected chi connectivity index (χ0v) is 18.1. The van der Waals surface area contributed by atoms with Crippen molar-refractivity contribution in [3.05, 3.63) is 75.9 Å². The molecule has 8 heteroatoms. The van der Waals surface area contributed by atoms with E-state index >= 15 is 0 Å². The third kappa shape index (κ3) is 6.12. The van der Waals surface area contributed by atoms with Gasteiger partial charge in [-0.15, -0.1) is 12.4 Å². The van der Waals surface area contributed by atoms with Crippen molar-refractivity contribution in [2.24, 2.45) is 0 Å². The molecule has 0 saturated heterocycles. The molecule has 2 aromatic rings. The van der Waals surface area contributed by atoms with Gasteiger partial charge < -0.3 is 0 Å². The van der Waals surface area contributed by atoms with Gasteiger partial charge in [0, 0.05) is 35.0 Å². The van der Waals surface area contributed by atoms with Crippen LogP contribution < -0.4 is 0 Å². The first-order chi connectivity index (χ1) is 13.4. The molecule has 0 fully saturated rings. The summed E-state index contributed by atoms with van der Waals surface area (Å²) in [5.74, 6) is -0.375. The standard InChI is InChI=1S/C21H21ClFNO3S.ClH/c22-17-5-9-19(10-6-17)28(26,27)20-11-14-24(15-12-20)13-1-2-21(25)16-3-7-18(23)8-4-16;/h3-11H,1-2,12-15H2;1H. The summed E-state index contributed by atoms with van der Waals surface area (Å²) in [7, 11) is -3.48. The molecule has 1 heterocycles. The lowest BCUT2D eigenvalue weighted by Crippen LogP contribution is -2.31. The molecule has 0 aromatic heterocycles. The molecule has 4 nitrogen and oxygen atoms in total. The second-order valence-electron chi connectivity index (χ2n) is 6.71. The van der Waals surface area contributed by atoms with Gasteiger partial charge in [0.15, 0.2) is 5.78 Å². The van der Waals surface area contributed by atoms with Gasteiger partial charge in [-0.3, -0.25) is 9.69 Å². The predicted octanol–water partition coefficient (Wildman–Crippen LogP) is 4.93. The number of carbonyl (C=O) groups is 1. The fourth-order valence-electron chi connectivity index (χ4n) is 3.15.